The SMILES string of the molecule is CC(=O)Nc1ccc(OC[C@@H](O)C[NH+]2CCN(c3ccc(F)cc3)CC2)cc1. The van der Waals surface area contributed by atoms with Crippen molar-refractivity contribution >= 4 is 17.3 Å². The number of benzene rings is 2. The van der Waals surface area contributed by atoms with Crippen molar-refractivity contribution in [1.82, 2.24) is 0 Å². The molecule has 28 heavy (non-hydrogen) atoms. The summed E-state index contributed by atoms with van der Waals surface area (Å²) in [5, 5.41) is 13.0. The number of ether oxygens (including phenoxy) is 1. The molecule has 7 heteroatoms. The van der Waals surface area contributed by atoms with Crippen LogP contribution in [0.2, 0.25) is 0 Å². The quantitative estimate of drug-likeness (QED) is 0.660. The number of carbonyl (C=O) groups is 1. The van der Waals surface area contributed by atoms with E-state index in [-0.39, 0.29) is 18.3 Å². The number of hydrogen-bond donors (Lipinski definition) is 3. The minimum Gasteiger partial charge on any atom is -0.491 e. The first kappa shape index (κ1) is 20.1. The number of quaternary nitrogens is 1. The average Bonchev–Trinajstić information content (AvgIpc) is 2.68. The van der Waals surface area contributed by atoms with E-state index in [0.29, 0.717) is 18.0 Å². The van der Waals surface area contributed by atoms with Gasteiger partial charge < -0.3 is 25.0 Å². The van der Waals surface area contributed by atoms with Gasteiger partial charge in [-0.2, -0.15) is 0 Å². The maximum atomic E-state index is 13.0. The number of nitrogens with one attached hydrogen (secondary N) is 2. The van der Waals surface area contributed by atoms with E-state index in [9.17, 15) is 14.3 Å². The van der Waals surface area contributed by atoms with Crippen LogP contribution in [-0.4, -0.2) is 56.4 Å². The summed E-state index contributed by atoms with van der Waals surface area (Å²) in [4.78, 5) is 14.6. The third-order valence-corrected chi connectivity index (χ3v) is 4.80. The molecule has 6 nitrogen and oxygen atoms in total. The summed E-state index contributed by atoms with van der Waals surface area (Å²) < 4.78 is 18.7. The maximum absolute atomic E-state index is 13.0. The summed E-state index contributed by atoms with van der Waals surface area (Å²) in [7, 11) is 0. The van der Waals surface area contributed by atoms with Crippen molar-refractivity contribution in [2.75, 3.05) is 49.5 Å². The van der Waals surface area contributed by atoms with E-state index >= 15 is 0 Å². The molecule has 1 aliphatic rings. The van der Waals surface area contributed by atoms with Crippen molar-refractivity contribution in [1.29, 1.82) is 0 Å². The van der Waals surface area contributed by atoms with Crippen molar-refractivity contribution in [3.8, 4) is 5.75 Å². The Hall–Kier alpha value is -2.64. The van der Waals surface area contributed by atoms with Crippen LogP contribution in [0.1, 0.15) is 6.92 Å². The Morgan fingerprint density at radius 3 is 2.43 bits per heavy atom. The van der Waals surface area contributed by atoms with Crippen LogP contribution in [0, 0.1) is 5.82 Å². The molecule has 1 fully saturated rings. The molecule has 2 aromatic rings. The molecule has 0 bridgehead atoms. The standard InChI is InChI=1S/C21H26FN3O3/c1-16(26)23-18-4-8-21(9-5-18)28-15-20(27)14-24-10-12-25(13-11-24)19-6-2-17(22)3-7-19/h2-9,20,27H,10-15H2,1H3,(H,23,26)/p+1/t20-/m0/s1. The number of rotatable bonds is 7. The number of hydrogen-bond acceptors (Lipinski definition) is 4. The van der Waals surface area contributed by atoms with E-state index in [1.807, 2.05) is 0 Å². The fourth-order valence-electron chi connectivity index (χ4n) is 3.36. The van der Waals surface area contributed by atoms with E-state index in [0.717, 1.165) is 31.9 Å². The Labute approximate surface area is 164 Å². The van der Waals surface area contributed by atoms with Gasteiger partial charge in [-0.25, -0.2) is 4.39 Å². The second-order valence-corrected chi connectivity index (χ2v) is 7.09. The third-order valence-electron chi connectivity index (χ3n) is 4.80. The van der Waals surface area contributed by atoms with Gasteiger partial charge in [0.2, 0.25) is 5.91 Å². The molecule has 2 aromatic carbocycles. The van der Waals surface area contributed by atoms with E-state index in [2.05, 4.69) is 10.2 Å². The van der Waals surface area contributed by atoms with Gasteiger partial charge >= 0.3 is 0 Å². The first-order chi connectivity index (χ1) is 13.5. The minimum atomic E-state index is -0.553. The number of nitrogens with zero attached hydrogens (tertiary/aromatic N) is 1. The second kappa shape index (κ2) is 9.52. The Morgan fingerprint density at radius 2 is 1.82 bits per heavy atom. The van der Waals surface area contributed by atoms with Crippen LogP contribution in [0.5, 0.6) is 5.75 Å². The Morgan fingerprint density at radius 1 is 1.18 bits per heavy atom. The number of piperazine rings is 1. The van der Waals surface area contributed by atoms with Gasteiger partial charge in [-0.15, -0.1) is 0 Å². The van der Waals surface area contributed by atoms with E-state index in [4.69, 9.17) is 4.74 Å². The van der Waals surface area contributed by atoms with Crippen molar-refractivity contribution in [2.45, 2.75) is 13.0 Å². The lowest BCUT2D eigenvalue weighted by Gasteiger charge is -2.34. The summed E-state index contributed by atoms with van der Waals surface area (Å²) in [6.45, 7) is 5.90. The van der Waals surface area contributed by atoms with Gasteiger partial charge in [0.25, 0.3) is 0 Å². The first-order valence-electron chi connectivity index (χ1n) is 9.52. The molecule has 150 valence electrons. The predicted octanol–water partition coefficient (Wildman–Crippen LogP) is 0.929. The van der Waals surface area contributed by atoms with Crippen molar-refractivity contribution in [2.24, 2.45) is 0 Å². The summed E-state index contributed by atoms with van der Waals surface area (Å²) >= 11 is 0. The van der Waals surface area contributed by atoms with Gasteiger partial charge in [0.05, 0.1) is 26.2 Å². The molecule has 0 aromatic heterocycles. The van der Waals surface area contributed by atoms with Crippen molar-refractivity contribution in [3.05, 3.63) is 54.3 Å². The molecule has 1 aliphatic heterocycles. The highest BCUT2D eigenvalue weighted by atomic mass is 19.1. The van der Waals surface area contributed by atoms with E-state index in [1.165, 1.54) is 24.0 Å². The number of carbonyl (C=O) groups excluding carboxylic acids is 1. The van der Waals surface area contributed by atoms with Crippen LogP contribution < -0.4 is 19.9 Å². The topological polar surface area (TPSA) is 66.2 Å². The summed E-state index contributed by atoms with van der Waals surface area (Å²) in [6, 6.07) is 13.7. The monoisotopic (exact) mass is 388 g/mol. The highest BCUT2D eigenvalue weighted by Crippen LogP contribution is 2.16. The normalized spacial score (nSPS) is 15.9. The number of halogens is 1. The van der Waals surface area contributed by atoms with Gasteiger partial charge in [-0.05, 0) is 48.5 Å². The lowest BCUT2D eigenvalue weighted by molar-refractivity contribution is -0.903. The van der Waals surface area contributed by atoms with Gasteiger partial charge in [0.15, 0.2) is 0 Å². The van der Waals surface area contributed by atoms with Crippen molar-refractivity contribution in [3.63, 3.8) is 0 Å². The van der Waals surface area contributed by atoms with Crippen LogP contribution in [0.4, 0.5) is 15.8 Å². The van der Waals surface area contributed by atoms with Crippen LogP contribution in [0.15, 0.2) is 48.5 Å². The number of aliphatic hydroxyl groups excluding tert-OH is 1. The molecule has 1 heterocycles. The van der Waals surface area contributed by atoms with Gasteiger partial charge in [0, 0.05) is 18.3 Å². The summed E-state index contributed by atoms with van der Waals surface area (Å²) in [6.07, 6.45) is -0.553. The molecule has 0 spiro atoms. The van der Waals surface area contributed by atoms with Crippen molar-refractivity contribution < 1.29 is 23.9 Å². The van der Waals surface area contributed by atoms with Crippen LogP contribution in [0.3, 0.4) is 0 Å². The zero-order valence-electron chi connectivity index (χ0n) is 16.0. The predicted molar refractivity (Wildman–Crippen MR) is 106 cm³/mol. The molecule has 1 saturated heterocycles. The molecule has 1 amide bonds. The molecule has 0 saturated carbocycles. The highest BCUT2D eigenvalue weighted by molar-refractivity contribution is 5.88. The molecule has 0 aliphatic carbocycles. The van der Waals surface area contributed by atoms with Crippen LogP contribution in [-0.2, 0) is 4.79 Å². The fraction of sp³-hybridized carbons (Fsp3) is 0.381. The van der Waals surface area contributed by atoms with Gasteiger partial charge in [-0.1, -0.05) is 0 Å². The maximum Gasteiger partial charge on any atom is 0.221 e. The zero-order chi connectivity index (χ0) is 19.9. The van der Waals surface area contributed by atoms with Crippen LogP contribution >= 0.6 is 0 Å². The summed E-state index contributed by atoms with van der Waals surface area (Å²) in [5.41, 5.74) is 1.75. The lowest BCUT2D eigenvalue weighted by atomic mass is 10.2. The minimum absolute atomic E-state index is 0.119. The summed E-state index contributed by atoms with van der Waals surface area (Å²) in [5.74, 6) is 0.316. The molecule has 0 unspecified atom stereocenters. The largest absolute Gasteiger partial charge is 0.491 e. The molecular weight excluding hydrogens is 361 g/mol. The van der Waals surface area contributed by atoms with E-state index in [1.54, 1.807) is 36.4 Å². The third kappa shape index (κ3) is 5.94. The molecule has 0 radical (unpaired) electrons. The Balaban J connectivity index is 1.39. The smallest absolute Gasteiger partial charge is 0.221 e. The average molecular weight is 388 g/mol. The molecular formula is C21H27FN3O3+. The Bertz CT molecular complexity index is 759. The second-order valence-electron chi connectivity index (χ2n) is 7.09. The lowest BCUT2D eigenvalue weighted by Crippen LogP contribution is -3.16. The van der Waals surface area contributed by atoms with Gasteiger partial charge in [0.1, 0.15) is 30.8 Å². The molecule has 3 rings (SSSR count). The number of amides is 1. The zero-order valence-corrected chi connectivity index (χ0v) is 16.0. The van der Waals surface area contributed by atoms with Crippen LogP contribution in [0.25, 0.3) is 0 Å². The molecule has 1 atom stereocenters. The van der Waals surface area contributed by atoms with E-state index < -0.39 is 6.10 Å². The highest BCUT2D eigenvalue weighted by Gasteiger charge is 2.22. The first-order valence-corrected chi connectivity index (χ1v) is 9.52. The number of aliphatic hydroxyl groups is 1. The fourth-order valence-corrected chi connectivity index (χ4v) is 3.36. The Kier molecular flexibility index (Phi) is 6.84. The number of anilines is 2. The van der Waals surface area contributed by atoms with Gasteiger partial charge in [-0.3, -0.25) is 4.79 Å². The molecule has 3 N–H and O–H groups in total.